The summed E-state index contributed by atoms with van der Waals surface area (Å²) in [7, 11) is 0. The summed E-state index contributed by atoms with van der Waals surface area (Å²) < 4.78 is 27.6. The molecule has 2 aromatic rings. The van der Waals surface area contributed by atoms with Crippen molar-refractivity contribution in [3.63, 3.8) is 0 Å². The molecule has 0 aliphatic heterocycles. The van der Waals surface area contributed by atoms with E-state index < -0.39 is 22.6 Å². The first-order chi connectivity index (χ1) is 13.5. The highest BCUT2D eigenvalue weighted by Crippen LogP contribution is 2.54. The van der Waals surface area contributed by atoms with Gasteiger partial charge in [0.05, 0.1) is 5.54 Å². The molecule has 0 saturated heterocycles. The Morgan fingerprint density at radius 2 is 1.93 bits per heavy atom. The summed E-state index contributed by atoms with van der Waals surface area (Å²) in [5.41, 5.74) is 2.32. The van der Waals surface area contributed by atoms with Gasteiger partial charge in [0, 0.05) is 18.0 Å². The molecular formula is C24H28F2N2O. The fourth-order valence-electron chi connectivity index (χ4n) is 3.91. The van der Waals surface area contributed by atoms with E-state index >= 15 is 0 Å². The second kappa shape index (κ2) is 7.62. The van der Waals surface area contributed by atoms with Crippen LogP contribution in [-0.4, -0.2) is 12.6 Å². The molecule has 5 heteroatoms. The van der Waals surface area contributed by atoms with Crippen LogP contribution in [0.1, 0.15) is 50.8 Å². The monoisotopic (exact) mass is 398 g/mol. The molecule has 1 saturated carbocycles. The first kappa shape index (κ1) is 21.0. The van der Waals surface area contributed by atoms with Crippen LogP contribution in [0, 0.1) is 17.6 Å². The van der Waals surface area contributed by atoms with E-state index in [0.29, 0.717) is 12.1 Å². The number of rotatable bonds is 6. The summed E-state index contributed by atoms with van der Waals surface area (Å²) >= 11 is 0. The van der Waals surface area contributed by atoms with Crippen molar-refractivity contribution in [1.82, 2.24) is 10.6 Å². The fraction of sp³-hybridized carbons (Fsp3) is 0.375. The zero-order valence-corrected chi connectivity index (χ0v) is 17.4. The minimum Gasteiger partial charge on any atom is -0.337 e. The second-order valence-corrected chi connectivity index (χ2v) is 8.68. The minimum atomic E-state index is -0.598. The van der Waals surface area contributed by atoms with Crippen LogP contribution in [0.25, 0.3) is 5.57 Å². The van der Waals surface area contributed by atoms with Crippen LogP contribution in [0.3, 0.4) is 0 Å². The third kappa shape index (κ3) is 4.34. The molecular weight excluding hydrogens is 370 g/mol. The van der Waals surface area contributed by atoms with Crippen LogP contribution in [0.15, 0.2) is 49.0 Å². The molecule has 154 valence electrons. The molecule has 2 unspecified atom stereocenters. The summed E-state index contributed by atoms with van der Waals surface area (Å²) in [5.74, 6) is -0.948. The summed E-state index contributed by atoms with van der Waals surface area (Å²) in [5, 5.41) is 5.89. The third-order valence-electron chi connectivity index (χ3n) is 5.99. The molecule has 3 nitrogen and oxygen atoms in total. The Kier molecular flexibility index (Phi) is 5.52. The molecule has 0 radical (unpaired) electrons. The maximum atomic E-state index is 14.3. The Balaban J connectivity index is 1.69. The Labute approximate surface area is 171 Å². The van der Waals surface area contributed by atoms with E-state index in [1.807, 2.05) is 52.0 Å². The quantitative estimate of drug-likeness (QED) is 0.662. The first-order valence-corrected chi connectivity index (χ1v) is 9.83. The highest BCUT2D eigenvalue weighted by atomic mass is 19.1. The van der Waals surface area contributed by atoms with E-state index in [1.54, 1.807) is 0 Å². The SMILES string of the molecule is C=C(C)c1cccc(C(C)(C)NC(=O)NCC2(c3ccc(F)cc3F)CC2C)c1. The highest BCUT2D eigenvalue weighted by Gasteiger charge is 2.53. The zero-order chi connectivity index (χ0) is 21.4. The molecule has 2 aromatic carbocycles. The lowest BCUT2D eigenvalue weighted by atomic mass is 9.91. The molecule has 1 fully saturated rings. The van der Waals surface area contributed by atoms with Gasteiger partial charge in [-0.15, -0.1) is 0 Å². The van der Waals surface area contributed by atoms with Crippen LogP contribution in [0.2, 0.25) is 0 Å². The van der Waals surface area contributed by atoms with Crippen molar-refractivity contribution >= 4 is 11.6 Å². The Morgan fingerprint density at radius 1 is 1.24 bits per heavy atom. The number of carbonyl (C=O) groups is 1. The first-order valence-electron chi connectivity index (χ1n) is 9.83. The number of hydrogen-bond donors (Lipinski definition) is 2. The van der Waals surface area contributed by atoms with Crippen molar-refractivity contribution in [2.75, 3.05) is 6.54 Å². The lowest BCUT2D eigenvalue weighted by Crippen LogP contribution is -2.48. The molecule has 2 amide bonds. The average molecular weight is 398 g/mol. The smallest absolute Gasteiger partial charge is 0.315 e. The van der Waals surface area contributed by atoms with Gasteiger partial charge in [-0.25, -0.2) is 13.6 Å². The standard InChI is InChI=1S/C24H28F2N2O/c1-15(2)17-7-6-8-18(11-17)23(4,5)28-22(29)27-14-24(13-16(24)3)20-10-9-19(25)12-21(20)26/h6-12,16H,1,13-14H2,2-5H3,(H2,27,28,29). The van der Waals surface area contributed by atoms with Gasteiger partial charge in [-0.3, -0.25) is 0 Å². The lowest BCUT2D eigenvalue weighted by molar-refractivity contribution is 0.228. The molecule has 1 aliphatic carbocycles. The van der Waals surface area contributed by atoms with Crippen LogP contribution < -0.4 is 10.6 Å². The predicted octanol–water partition coefficient (Wildman–Crippen LogP) is 5.51. The van der Waals surface area contributed by atoms with Crippen molar-refractivity contribution in [2.24, 2.45) is 5.92 Å². The van der Waals surface area contributed by atoms with Gasteiger partial charge in [-0.05, 0) is 61.9 Å². The molecule has 0 aromatic heterocycles. The topological polar surface area (TPSA) is 41.1 Å². The largest absolute Gasteiger partial charge is 0.337 e. The number of urea groups is 1. The van der Waals surface area contributed by atoms with Crippen LogP contribution in [0.4, 0.5) is 13.6 Å². The lowest BCUT2D eigenvalue weighted by Gasteiger charge is -2.28. The summed E-state index contributed by atoms with van der Waals surface area (Å²) in [6.07, 6.45) is 0.750. The van der Waals surface area contributed by atoms with Crippen molar-refractivity contribution in [3.05, 3.63) is 77.4 Å². The number of hydrogen-bond acceptors (Lipinski definition) is 1. The van der Waals surface area contributed by atoms with Crippen molar-refractivity contribution in [1.29, 1.82) is 0 Å². The maximum Gasteiger partial charge on any atom is 0.315 e. The molecule has 0 bridgehead atoms. The van der Waals surface area contributed by atoms with E-state index in [-0.39, 0.29) is 11.9 Å². The van der Waals surface area contributed by atoms with E-state index in [1.165, 1.54) is 12.1 Å². The van der Waals surface area contributed by atoms with Gasteiger partial charge < -0.3 is 10.6 Å². The number of halogens is 2. The molecule has 2 atom stereocenters. The third-order valence-corrected chi connectivity index (χ3v) is 5.99. The normalized spacial score (nSPS) is 20.8. The van der Waals surface area contributed by atoms with E-state index in [2.05, 4.69) is 17.2 Å². The van der Waals surface area contributed by atoms with Gasteiger partial charge in [-0.1, -0.05) is 43.3 Å². The second-order valence-electron chi connectivity index (χ2n) is 8.68. The molecule has 29 heavy (non-hydrogen) atoms. The molecule has 3 rings (SSSR count). The van der Waals surface area contributed by atoms with Crippen molar-refractivity contribution in [3.8, 4) is 0 Å². The Bertz CT molecular complexity index is 954. The summed E-state index contributed by atoms with van der Waals surface area (Å²) in [4.78, 5) is 12.6. The van der Waals surface area contributed by atoms with Gasteiger partial charge in [0.2, 0.25) is 0 Å². The maximum absolute atomic E-state index is 14.3. The molecule has 0 heterocycles. The Hall–Kier alpha value is -2.69. The number of amides is 2. The predicted molar refractivity (Wildman–Crippen MR) is 113 cm³/mol. The number of nitrogens with one attached hydrogen (secondary N) is 2. The zero-order valence-electron chi connectivity index (χ0n) is 17.4. The van der Waals surface area contributed by atoms with Gasteiger partial charge in [0.15, 0.2) is 0 Å². The molecule has 1 aliphatic rings. The number of benzene rings is 2. The number of carbonyl (C=O) groups excluding carboxylic acids is 1. The molecule has 0 spiro atoms. The van der Waals surface area contributed by atoms with Crippen LogP contribution in [-0.2, 0) is 11.0 Å². The van der Waals surface area contributed by atoms with Gasteiger partial charge in [0.1, 0.15) is 11.6 Å². The van der Waals surface area contributed by atoms with E-state index in [9.17, 15) is 13.6 Å². The average Bonchev–Trinajstić information content (AvgIpc) is 3.30. The summed E-state index contributed by atoms with van der Waals surface area (Å²) in [6, 6.07) is 11.2. The van der Waals surface area contributed by atoms with Crippen LogP contribution in [0.5, 0.6) is 0 Å². The van der Waals surface area contributed by atoms with E-state index in [0.717, 1.165) is 29.2 Å². The van der Waals surface area contributed by atoms with Crippen molar-refractivity contribution < 1.29 is 13.6 Å². The minimum absolute atomic E-state index is 0.211. The Morgan fingerprint density at radius 3 is 2.52 bits per heavy atom. The van der Waals surface area contributed by atoms with Crippen LogP contribution >= 0.6 is 0 Å². The number of allylic oxidation sites excluding steroid dienone is 1. The van der Waals surface area contributed by atoms with Crippen molar-refractivity contribution in [2.45, 2.75) is 45.1 Å². The van der Waals surface area contributed by atoms with Gasteiger partial charge in [0.25, 0.3) is 0 Å². The highest BCUT2D eigenvalue weighted by molar-refractivity contribution is 5.75. The van der Waals surface area contributed by atoms with E-state index in [4.69, 9.17) is 0 Å². The fourth-order valence-corrected chi connectivity index (χ4v) is 3.91. The summed E-state index contributed by atoms with van der Waals surface area (Å²) in [6.45, 7) is 12.1. The molecule has 2 N–H and O–H groups in total. The van der Waals surface area contributed by atoms with Gasteiger partial charge in [-0.2, -0.15) is 0 Å². The van der Waals surface area contributed by atoms with Gasteiger partial charge >= 0.3 is 6.03 Å².